The van der Waals surface area contributed by atoms with Crippen LogP contribution in [0.5, 0.6) is 0 Å². The van der Waals surface area contributed by atoms with Crippen LogP contribution in [0.25, 0.3) is 0 Å². The molecule has 0 aromatic rings. The van der Waals surface area contributed by atoms with Crippen LogP contribution < -0.4 is 0 Å². The van der Waals surface area contributed by atoms with Crippen molar-refractivity contribution in [3.63, 3.8) is 0 Å². The van der Waals surface area contributed by atoms with Crippen LogP contribution in [0.15, 0.2) is 23.3 Å². The molecule has 0 aromatic heterocycles. The number of allylic oxidation sites excluding steroid dienone is 4. The lowest BCUT2D eigenvalue weighted by molar-refractivity contribution is -0.156. The van der Waals surface area contributed by atoms with Crippen LogP contribution >= 0.6 is 0 Å². The second-order valence-corrected chi connectivity index (χ2v) is 9.47. The molecule has 0 saturated heterocycles. The van der Waals surface area contributed by atoms with Crippen molar-refractivity contribution in [3.8, 4) is 0 Å². The molecule has 1 N–H and O–H groups in total. The molecular weight excluding hydrogens is 312 g/mol. The number of hydrogen-bond donors (Lipinski definition) is 1. The van der Waals surface area contributed by atoms with Gasteiger partial charge in [0.1, 0.15) is 11.4 Å². The first kappa shape index (κ1) is 17.2. The highest BCUT2D eigenvalue weighted by Crippen LogP contribution is 2.66. The van der Waals surface area contributed by atoms with Crippen LogP contribution in [0.3, 0.4) is 0 Å². The van der Waals surface area contributed by atoms with Gasteiger partial charge in [0.15, 0.2) is 5.78 Å². The summed E-state index contributed by atoms with van der Waals surface area (Å²) in [6.45, 7) is 8.02. The summed E-state index contributed by atoms with van der Waals surface area (Å²) in [5.74, 6) is 1.02. The summed E-state index contributed by atoms with van der Waals surface area (Å²) < 4.78 is 0. The fourth-order valence-corrected chi connectivity index (χ4v) is 6.88. The number of aliphatic hydroxyl groups is 1. The first-order valence-corrected chi connectivity index (χ1v) is 9.79. The van der Waals surface area contributed by atoms with Crippen LogP contribution in [0.1, 0.15) is 66.2 Å². The normalized spacial score (nSPS) is 48.8. The number of carbonyl (C=O) groups excluding carboxylic acids is 2. The Hall–Kier alpha value is -1.22. The predicted octanol–water partition coefficient (Wildman–Crippen LogP) is 4.00. The zero-order chi connectivity index (χ0) is 18.2. The van der Waals surface area contributed by atoms with Gasteiger partial charge in [-0.3, -0.25) is 9.59 Å². The molecule has 2 fully saturated rings. The Labute approximate surface area is 150 Å². The Morgan fingerprint density at radius 3 is 2.68 bits per heavy atom. The summed E-state index contributed by atoms with van der Waals surface area (Å²) in [6.07, 6.45) is 9.45. The molecule has 0 amide bonds. The standard InChI is InChI=1S/C22H30O3/c1-13-11-19-17-6-5-15-12-16(24)7-9-20(15,3)18(17)8-10-21(19,4)22(13,25)14(2)23/h5,8,13,17,19,25H,6-7,9-12H2,1-4H3/t13-,17?,19?,20?,21?,22?/m0/s1. The maximum absolute atomic E-state index is 12.4. The Morgan fingerprint density at radius 2 is 2.00 bits per heavy atom. The first-order valence-electron chi connectivity index (χ1n) is 9.79. The summed E-state index contributed by atoms with van der Waals surface area (Å²) in [6, 6.07) is 0. The quantitative estimate of drug-likeness (QED) is 0.733. The maximum atomic E-state index is 12.4. The van der Waals surface area contributed by atoms with Crippen molar-refractivity contribution < 1.29 is 14.7 Å². The Bertz CT molecular complexity index is 717. The lowest BCUT2D eigenvalue weighted by Crippen LogP contribution is -2.55. The van der Waals surface area contributed by atoms with E-state index in [1.54, 1.807) is 6.92 Å². The molecule has 0 heterocycles. The van der Waals surface area contributed by atoms with Gasteiger partial charge in [0.2, 0.25) is 0 Å². The number of fused-ring (bicyclic) bond motifs is 5. The summed E-state index contributed by atoms with van der Waals surface area (Å²) in [5, 5.41) is 11.4. The van der Waals surface area contributed by atoms with E-state index in [9.17, 15) is 14.7 Å². The van der Waals surface area contributed by atoms with E-state index in [2.05, 4.69) is 26.0 Å². The zero-order valence-electron chi connectivity index (χ0n) is 15.9. The molecule has 0 aromatic carbocycles. The lowest BCUT2D eigenvalue weighted by atomic mass is 9.51. The number of Topliss-reactive ketones (excluding diaryl/α,β-unsaturated/α-hetero) is 2. The highest BCUT2D eigenvalue weighted by Gasteiger charge is 2.66. The van der Waals surface area contributed by atoms with Crippen LogP contribution in [0, 0.1) is 28.6 Å². The van der Waals surface area contributed by atoms with Crippen LogP contribution in [-0.4, -0.2) is 22.3 Å². The molecule has 0 radical (unpaired) electrons. The maximum Gasteiger partial charge on any atom is 0.162 e. The largest absolute Gasteiger partial charge is 0.381 e. The van der Waals surface area contributed by atoms with E-state index in [0.29, 0.717) is 30.5 Å². The minimum Gasteiger partial charge on any atom is -0.381 e. The van der Waals surface area contributed by atoms with Crippen molar-refractivity contribution in [2.24, 2.45) is 28.6 Å². The van der Waals surface area contributed by atoms with E-state index in [-0.39, 0.29) is 22.5 Å². The van der Waals surface area contributed by atoms with Gasteiger partial charge in [-0.1, -0.05) is 44.1 Å². The van der Waals surface area contributed by atoms with E-state index >= 15 is 0 Å². The van der Waals surface area contributed by atoms with Gasteiger partial charge < -0.3 is 5.11 Å². The molecule has 2 saturated carbocycles. The van der Waals surface area contributed by atoms with Crippen molar-refractivity contribution in [1.29, 1.82) is 0 Å². The number of hydrogen-bond acceptors (Lipinski definition) is 3. The molecule has 3 heteroatoms. The molecule has 0 aliphatic heterocycles. The molecular formula is C22H30O3. The summed E-state index contributed by atoms with van der Waals surface area (Å²) >= 11 is 0. The van der Waals surface area contributed by atoms with Gasteiger partial charge in [-0.05, 0) is 50.4 Å². The Balaban J connectivity index is 1.78. The van der Waals surface area contributed by atoms with Crippen molar-refractivity contribution in [1.82, 2.24) is 0 Å². The average Bonchev–Trinajstić information content (AvgIpc) is 2.77. The second-order valence-electron chi connectivity index (χ2n) is 9.47. The molecule has 0 spiro atoms. The summed E-state index contributed by atoms with van der Waals surface area (Å²) in [5.41, 5.74) is 1.21. The molecule has 4 rings (SSSR count). The highest BCUT2D eigenvalue weighted by molar-refractivity contribution is 5.87. The lowest BCUT2D eigenvalue weighted by Gasteiger charge is -2.54. The fourth-order valence-electron chi connectivity index (χ4n) is 6.88. The SMILES string of the molecule is CC(=O)C1(O)[C@@H](C)CC2C3CC=C4CC(=O)CCC4(C)C3=CCC21C. The highest BCUT2D eigenvalue weighted by atomic mass is 16.3. The van der Waals surface area contributed by atoms with Crippen LogP contribution in [-0.2, 0) is 9.59 Å². The van der Waals surface area contributed by atoms with Gasteiger partial charge in [-0.2, -0.15) is 0 Å². The average molecular weight is 342 g/mol. The molecule has 4 aliphatic rings. The summed E-state index contributed by atoms with van der Waals surface area (Å²) in [7, 11) is 0. The first-order chi connectivity index (χ1) is 11.6. The zero-order valence-corrected chi connectivity index (χ0v) is 15.9. The van der Waals surface area contributed by atoms with E-state index in [4.69, 9.17) is 0 Å². The molecule has 25 heavy (non-hydrogen) atoms. The Kier molecular flexibility index (Phi) is 3.55. The molecule has 0 bridgehead atoms. The molecule has 136 valence electrons. The van der Waals surface area contributed by atoms with Crippen LogP contribution in [0.2, 0.25) is 0 Å². The second kappa shape index (κ2) is 5.16. The van der Waals surface area contributed by atoms with Crippen molar-refractivity contribution in [2.45, 2.75) is 71.8 Å². The molecule has 3 nitrogen and oxygen atoms in total. The number of carbonyl (C=O) groups is 2. The minimum absolute atomic E-state index is 0.00105. The van der Waals surface area contributed by atoms with Gasteiger partial charge in [-0.15, -0.1) is 0 Å². The Morgan fingerprint density at radius 1 is 1.28 bits per heavy atom. The van der Waals surface area contributed by atoms with Gasteiger partial charge in [0, 0.05) is 23.7 Å². The van der Waals surface area contributed by atoms with Gasteiger partial charge >= 0.3 is 0 Å². The van der Waals surface area contributed by atoms with Gasteiger partial charge in [0.25, 0.3) is 0 Å². The van der Waals surface area contributed by atoms with Crippen molar-refractivity contribution in [2.75, 3.05) is 0 Å². The number of ketones is 2. The van der Waals surface area contributed by atoms with Gasteiger partial charge in [-0.25, -0.2) is 0 Å². The van der Waals surface area contributed by atoms with E-state index in [1.165, 1.54) is 11.1 Å². The third kappa shape index (κ3) is 1.96. The summed E-state index contributed by atoms with van der Waals surface area (Å²) in [4.78, 5) is 24.3. The predicted molar refractivity (Wildman–Crippen MR) is 96.9 cm³/mol. The van der Waals surface area contributed by atoms with Gasteiger partial charge in [0.05, 0.1) is 0 Å². The van der Waals surface area contributed by atoms with E-state index < -0.39 is 5.60 Å². The smallest absolute Gasteiger partial charge is 0.162 e. The number of rotatable bonds is 1. The molecule has 6 atom stereocenters. The van der Waals surface area contributed by atoms with Crippen LogP contribution in [0.4, 0.5) is 0 Å². The van der Waals surface area contributed by atoms with E-state index in [0.717, 1.165) is 25.7 Å². The monoisotopic (exact) mass is 342 g/mol. The third-order valence-electron chi connectivity index (χ3n) is 8.43. The topological polar surface area (TPSA) is 54.4 Å². The third-order valence-corrected chi connectivity index (χ3v) is 8.43. The fraction of sp³-hybridized carbons (Fsp3) is 0.727. The van der Waals surface area contributed by atoms with Crippen molar-refractivity contribution in [3.05, 3.63) is 23.3 Å². The van der Waals surface area contributed by atoms with Crippen molar-refractivity contribution >= 4 is 11.6 Å². The van der Waals surface area contributed by atoms with E-state index in [1.807, 2.05) is 6.92 Å². The minimum atomic E-state index is -1.22. The molecule has 4 aliphatic carbocycles. The molecule has 5 unspecified atom stereocenters.